The van der Waals surface area contributed by atoms with Gasteiger partial charge >= 0.3 is 0 Å². The van der Waals surface area contributed by atoms with Crippen LogP contribution < -0.4 is 0 Å². The van der Waals surface area contributed by atoms with E-state index in [4.69, 9.17) is 4.74 Å². The molecule has 2 rings (SSSR count). The van der Waals surface area contributed by atoms with Gasteiger partial charge in [-0.05, 0) is 39.0 Å². The summed E-state index contributed by atoms with van der Waals surface area (Å²) in [5, 5.41) is 9.98. The third-order valence-corrected chi connectivity index (χ3v) is 4.44. The zero-order valence-corrected chi connectivity index (χ0v) is 11.3. The number of β-amino-alcohol motifs (C(OH)–C–C–N with tert-alkyl or cyclic N) is 1. The molecule has 1 aliphatic heterocycles. The van der Waals surface area contributed by atoms with Gasteiger partial charge in [-0.2, -0.15) is 0 Å². The first-order valence-electron chi connectivity index (χ1n) is 7.24. The lowest BCUT2D eigenvalue weighted by molar-refractivity contribution is 0.00760. The van der Waals surface area contributed by atoms with Gasteiger partial charge in [-0.3, -0.25) is 4.90 Å². The van der Waals surface area contributed by atoms with E-state index in [9.17, 15) is 5.11 Å². The molecule has 0 bridgehead atoms. The predicted octanol–water partition coefficient (Wildman–Crippen LogP) is 2.04. The van der Waals surface area contributed by atoms with Gasteiger partial charge in [0.15, 0.2) is 0 Å². The van der Waals surface area contributed by atoms with Gasteiger partial charge in [-0.25, -0.2) is 0 Å². The van der Waals surface area contributed by atoms with Crippen LogP contribution in [0.25, 0.3) is 0 Å². The number of nitrogens with zero attached hydrogens (tertiary/aromatic N) is 1. The molecule has 3 heteroatoms. The Morgan fingerprint density at radius 1 is 1.35 bits per heavy atom. The van der Waals surface area contributed by atoms with Crippen molar-refractivity contribution in [3.8, 4) is 0 Å². The Bertz CT molecular complexity index is 234. The van der Waals surface area contributed by atoms with E-state index >= 15 is 0 Å². The van der Waals surface area contributed by atoms with E-state index in [0.717, 1.165) is 18.5 Å². The quantitative estimate of drug-likeness (QED) is 0.799. The zero-order chi connectivity index (χ0) is 12.3. The molecule has 2 fully saturated rings. The average molecular weight is 241 g/mol. The highest BCUT2D eigenvalue weighted by molar-refractivity contribution is 4.94. The van der Waals surface area contributed by atoms with Gasteiger partial charge in [0, 0.05) is 25.2 Å². The van der Waals surface area contributed by atoms with Gasteiger partial charge in [-0.1, -0.05) is 12.8 Å². The summed E-state index contributed by atoms with van der Waals surface area (Å²) in [7, 11) is 0. The zero-order valence-electron chi connectivity index (χ0n) is 11.3. The lowest BCUT2D eigenvalue weighted by Crippen LogP contribution is -2.43. The maximum atomic E-state index is 9.98. The molecule has 1 N–H and O–H groups in total. The van der Waals surface area contributed by atoms with Crippen molar-refractivity contribution in [2.24, 2.45) is 5.92 Å². The number of hydrogen-bond donors (Lipinski definition) is 1. The van der Waals surface area contributed by atoms with Crippen LogP contribution in [0.15, 0.2) is 0 Å². The maximum Gasteiger partial charge on any atom is 0.0900 e. The van der Waals surface area contributed by atoms with Gasteiger partial charge < -0.3 is 9.84 Å². The van der Waals surface area contributed by atoms with Gasteiger partial charge in [0.1, 0.15) is 0 Å². The standard InChI is InChI=1S/C14H27NO2/c1-3-17-10-13(16)9-15-11(2)8-12-6-4-5-7-14(12)15/h11-14,16H,3-10H2,1-2H3. The van der Waals surface area contributed by atoms with E-state index in [2.05, 4.69) is 11.8 Å². The minimum Gasteiger partial charge on any atom is -0.389 e. The fraction of sp³-hybridized carbons (Fsp3) is 1.00. The molecule has 1 saturated carbocycles. The normalized spacial score (nSPS) is 35.8. The molecule has 17 heavy (non-hydrogen) atoms. The molecule has 4 atom stereocenters. The van der Waals surface area contributed by atoms with E-state index in [1.807, 2.05) is 6.92 Å². The monoisotopic (exact) mass is 241 g/mol. The first kappa shape index (κ1) is 13.3. The number of ether oxygens (including phenoxy) is 1. The number of likely N-dealkylation sites (tertiary alicyclic amines) is 1. The third kappa shape index (κ3) is 3.21. The molecule has 4 unspecified atom stereocenters. The smallest absolute Gasteiger partial charge is 0.0900 e. The summed E-state index contributed by atoms with van der Waals surface area (Å²) in [5.74, 6) is 0.887. The number of hydrogen-bond acceptors (Lipinski definition) is 3. The summed E-state index contributed by atoms with van der Waals surface area (Å²) >= 11 is 0. The second-order valence-corrected chi connectivity index (χ2v) is 5.71. The van der Waals surface area contributed by atoms with Crippen LogP contribution in [0.2, 0.25) is 0 Å². The second kappa shape index (κ2) is 6.17. The van der Waals surface area contributed by atoms with Crippen molar-refractivity contribution in [2.45, 2.75) is 64.1 Å². The predicted molar refractivity (Wildman–Crippen MR) is 69.0 cm³/mol. The van der Waals surface area contributed by atoms with Crippen molar-refractivity contribution in [3.05, 3.63) is 0 Å². The Balaban J connectivity index is 1.86. The Hall–Kier alpha value is -0.120. The highest BCUT2D eigenvalue weighted by Crippen LogP contribution is 2.39. The van der Waals surface area contributed by atoms with Crippen molar-refractivity contribution >= 4 is 0 Å². The Morgan fingerprint density at radius 3 is 2.88 bits per heavy atom. The fourth-order valence-electron chi connectivity index (χ4n) is 3.67. The fourth-order valence-corrected chi connectivity index (χ4v) is 3.67. The number of aliphatic hydroxyl groups excluding tert-OH is 1. The van der Waals surface area contributed by atoms with Crippen LogP contribution in [0.5, 0.6) is 0 Å². The van der Waals surface area contributed by atoms with Gasteiger partial charge in [0.25, 0.3) is 0 Å². The van der Waals surface area contributed by atoms with Crippen LogP contribution in [0.3, 0.4) is 0 Å². The summed E-state index contributed by atoms with van der Waals surface area (Å²) in [4.78, 5) is 2.54. The van der Waals surface area contributed by atoms with E-state index < -0.39 is 0 Å². The first-order valence-corrected chi connectivity index (χ1v) is 7.24. The summed E-state index contributed by atoms with van der Waals surface area (Å²) in [5.41, 5.74) is 0. The van der Waals surface area contributed by atoms with Crippen LogP contribution in [-0.2, 0) is 4.74 Å². The minimum absolute atomic E-state index is 0.321. The van der Waals surface area contributed by atoms with E-state index in [0.29, 0.717) is 19.3 Å². The molecule has 0 amide bonds. The summed E-state index contributed by atoms with van der Waals surface area (Å²) in [6.45, 7) is 6.26. The molecule has 1 aliphatic carbocycles. The second-order valence-electron chi connectivity index (χ2n) is 5.71. The highest BCUT2D eigenvalue weighted by Gasteiger charge is 2.40. The van der Waals surface area contributed by atoms with Crippen molar-refractivity contribution in [2.75, 3.05) is 19.8 Å². The molecule has 1 heterocycles. The third-order valence-electron chi connectivity index (χ3n) is 4.44. The molecular formula is C14H27NO2. The van der Waals surface area contributed by atoms with Gasteiger partial charge in [0.2, 0.25) is 0 Å². The SMILES string of the molecule is CCOCC(O)CN1C(C)CC2CCCCC21. The van der Waals surface area contributed by atoms with Crippen molar-refractivity contribution in [3.63, 3.8) is 0 Å². The van der Waals surface area contributed by atoms with E-state index in [1.54, 1.807) is 0 Å². The average Bonchev–Trinajstić information content (AvgIpc) is 2.64. The topological polar surface area (TPSA) is 32.7 Å². The lowest BCUT2D eigenvalue weighted by Gasteiger charge is -2.34. The maximum absolute atomic E-state index is 9.98. The summed E-state index contributed by atoms with van der Waals surface area (Å²) < 4.78 is 5.30. The molecule has 0 radical (unpaired) electrons. The van der Waals surface area contributed by atoms with Crippen LogP contribution >= 0.6 is 0 Å². The molecule has 1 saturated heterocycles. The Kier molecular flexibility index (Phi) is 4.83. The van der Waals surface area contributed by atoms with Crippen LogP contribution in [0, 0.1) is 5.92 Å². The molecule has 2 aliphatic rings. The van der Waals surface area contributed by atoms with Crippen LogP contribution in [0.1, 0.15) is 46.0 Å². The summed E-state index contributed by atoms with van der Waals surface area (Å²) in [6, 6.07) is 1.37. The molecule has 0 aromatic heterocycles. The van der Waals surface area contributed by atoms with Crippen LogP contribution in [0.4, 0.5) is 0 Å². The van der Waals surface area contributed by atoms with Crippen molar-refractivity contribution in [1.82, 2.24) is 4.90 Å². The molecular weight excluding hydrogens is 214 g/mol. The first-order chi connectivity index (χ1) is 8.22. The molecule has 0 aromatic carbocycles. The van der Waals surface area contributed by atoms with E-state index in [-0.39, 0.29) is 6.10 Å². The molecule has 0 aromatic rings. The Morgan fingerprint density at radius 2 is 2.12 bits per heavy atom. The lowest BCUT2D eigenvalue weighted by atomic mass is 9.85. The van der Waals surface area contributed by atoms with E-state index in [1.165, 1.54) is 32.1 Å². The van der Waals surface area contributed by atoms with Gasteiger partial charge in [-0.15, -0.1) is 0 Å². The number of fused-ring (bicyclic) bond motifs is 1. The van der Waals surface area contributed by atoms with Crippen molar-refractivity contribution in [1.29, 1.82) is 0 Å². The minimum atomic E-state index is -0.321. The summed E-state index contributed by atoms with van der Waals surface area (Å²) in [6.07, 6.45) is 6.50. The Labute approximate surface area is 105 Å². The largest absolute Gasteiger partial charge is 0.389 e. The van der Waals surface area contributed by atoms with Crippen molar-refractivity contribution < 1.29 is 9.84 Å². The number of rotatable bonds is 5. The highest BCUT2D eigenvalue weighted by atomic mass is 16.5. The number of aliphatic hydroxyl groups is 1. The molecule has 100 valence electrons. The van der Waals surface area contributed by atoms with Crippen LogP contribution in [-0.4, -0.2) is 48.0 Å². The van der Waals surface area contributed by atoms with Gasteiger partial charge in [0.05, 0.1) is 12.7 Å². The molecule has 3 nitrogen and oxygen atoms in total. The molecule has 0 spiro atoms.